The topological polar surface area (TPSA) is 84.5 Å². The van der Waals surface area contributed by atoms with Crippen molar-refractivity contribution in [2.45, 2.75) is 40.0 Å². The number of ether oxygens (including phenoxy) is 1. The van der Waals surface area contributed by atoms with Crippen LogP contribution in [0.15, 0.2) is 0 Å². The van der Waals surface area contributed by atoms with Crippen molar-refractivity contribution in [3.05, 3.63) is 16.0 Å². The molecule has 0 bridgehead atoms. The summed E-state index contributed by atoms with van der Waals surface area (Å²) in [6.07, 6.45) is 1.88. The average Bonchev–Trinajstić information content (AvgIpc) is 2.80. The van der Waals surface area contributed by atoms with Crippen molar-refractivity contribution in [1.82, 2.24) is 5.32 Å². The highest BCUT2D eigenvalue weighted by atomic mass is 32.1. The number of nitrogens with one attached hydrogen (secondary N) is 2. The second-order valence-electron chi connectivity index (χ2n) is 4.81. The summed E-state index contributed by atoms with van der Waals surface area (Å²) in [5.74, 6) is -0.991. The first-order chi connectivity index (χ1) is 10.5. The molecule has 0 aromatic carbocycles. The van der Waals surface area contributed by atoms with Crippen LogP contribution in [0.3, 0.4) is 0 Å². The van der Waals surface area contributed by atoms with Crippen LogP contribution in [0.5, 0.6) is 0 Å². The standard InChI is InChI=1S/C15H22N2O4S/c1-5-7-10(18)17-14-11(15(20)21-4)9(3)12(22-14)13(19)16-8-6-2/h5-8H2,1-4H3,(H,16,19)(H,17,18). The molecule has 2 N–H and O–H groups in total. The molecular weight excluding hydrogens is 304 g/mol. The molecule has 1 aromatic rings. The molecule has 2 amide bonds. The Morgan fingerprint density at radius 1 is 1.18 bits per heavy atom. The van der Waals surface area contributed by atoms with Crippen molar-refractivity contribution in [2.24, 2.45) is 0 Å². The number of esters is 1. The summed E-state index contributed by atoms with van der Waals surface area (Å²) in [7, 11) is 1.27. The molecule has 0 unspecified atom stereocenters. The zero-order valence-corrected chi connectivity index (χ0v) is 14.2. The van der Waals surface area contributed by atoms with Crippen molar-refractivity contribution in [2.75, 3.05) is 19.0 Å². The van der Waals surface area contributed by atoms with Gasteiger partial charge in [0, 0.05) is 13.0 Å². The lowest BCUT2D eigenvalue weighted by atomic mass is 10.1. The maximum absolute atomic E-state index is 12.1. The minimum atomic E-state index is -0.560. The molecule has 1 heterocycles. The van der Waals surface area contributed by atoms with E-state index in [9.17, 15) is 14.4 Å². The Bertz CT molecular complexity index is 566. The van der Waals surface area contributed by atoms with E-state index in [4.69, 9.17) is 4.74 Å². The van der Waals surface area contributed by atoms with E-state index in [1.54, 1.807) is 6.92 Å². The maximum Gasteiger partial charge on any atom is 0.341 e. The lowest BCUT2D eigenvalue weighted by Gasteiger charge is -2.05. The summed E-state index contributed by atoms with van der Waals surface area (Å²) in [6, 6.07) is 0. The molecule has 0 aliphatic carbocycles. The van der Waals surface area contributed by atoms with Gasteiger partial charge in [-0.3, -0.25) is 9.59 Å². The van der Waals surface area contributed by atoms with Crippen LogP contribution in [-0.4, -0.2) is 31.4 Å². The molecule has 6 nitrogen and oxygen atoms in total. The van der Waals surface area contributed by atoms with Crippen molar-refractivity contribution in [1.29, 1.82) is 0 Å². The molecule has 22 heavy (non-hydrogen) atoms. The first-order valence-electron chi connectivity index (χ1n) is 7.25. The highest BCUT2D eigenvalue weighted by molar-refractivity contribution is 7.18. The number of carbonyl (C=O) groups is 3. The van der Waals surface area contributed by atoms with Crippen molar-refractivity contribution < 1.29 is 19.1 Å². The SMILES string of the molecule is CCCNC(=O)c1sc(NC(=O)CCC)c(C(=O)OC)c1C. The van der Waals surface area contributed by atoms with Crippen LogP contribution >= 0.6 is 11.3 Å². The number of hydrogen-bond acceptors (Lipinski definition) is 5. The van der Waals surface area contributed by atoms with Crippen LogP contribution in [0.25, 0.3) is 0 Å². The molecule has 1 aromatic heterocycles. The maximum atomic E-state index is 12.1. The third kappa shape index (κ3) is 4.30. The van der Waals surface area contributed by atoms with Gasteiger partial charge in [0.1, 0.15) is 5.00 Å². The number of thiophene rings is 1. The summed E-state index contributed by atoms with van der Waals surface area (Å²) in [6.45, 7) is 6.09. The summed E-state index contributed by atoms with van der Waals surface area (Å²) >= 11 is 1.10. The van der Waals surface area contributed by atoms with Gasteiger partial charge in [-0.1, -0.05) is 13.8 Å². The number of amides is 2. The molecule has 0 radical (unpaired) electrons. The van der Waals surface area contributed by atoms with E-state index in [2.05, 4.69) is 10.6 Å². The zero-order chi connectivity index (χ0) is 16.7. The van der Waals surface area contributed by atoms with Crippen molar-refractivity contribution in [3.63, 3.8) is 0 Å². The monoisotopic (exact) mass is 326 g/mol. The van der Waals surface area contributed by atoms with Crippen LogP contribution in [0, 0.1) is 6.92 Å². The van der Waals surface area contributed by atoms with E-state index < -0.39 is 5.97 Å². The number of anilines is 1. The third-order valence-corrected chi connectivity index (χ3v) is 4.21. The van der Waals surface area contributed by atoms with E-state index in [-0.39, 0.29) is 17.4 Å². The normalized spacial score (nSPS) is 10.2. The summed E-state index contributed by atoms with van der Waals surface area (Å²) in [5.41, 5.74) is 0.774. The fourth-order valence-electron chi connectivity index (χ4n) is 1.90. The van der Waals surface area contributed by atoms with Gasteiger partial charge in [0.25, 0.3) is 5.91 Å². The Morgan fingerprint density at radius 2 is 1.86 bits per heavy atom. The van der Waals surface area contributed by atoms with E-state index in [0.29, 0.717) is 34.8 Å². The Labute approximate surface area is 134 Å². The zero-order valence-electron chi connectivity index (χ0n) is 13.4. The second-order valence-corrected chi connectivity index (χ2v) is 5.83. The fourth-order valence-corrected chi connectivity index (χ4v) is 3.03. The van der Waals surface area contributed by atoms with Crippen LogP contribution in [-0.2, 0) is 9.53 Å². The molecule has 0 fully saturated rings. The number of hydrogen-bond donors (Lipinski definition) is 2. The molecule has 0 aliphatic rings. The molecule has 0 saturated heterocycles. The van der Waals surface area contributed by atoms with Gasteiger partial charge in [0.05, 0.1) is 17.6 Å². The van der Waals surface area contributed by atoms with Crippen LogP contribution in [0.1, 0.15) is 58.7 Å². The third-order valence-electron chi connectivity index (χ3n) is 3.01. The summed E-state index contributed by atoms with van der Waals surface area (Å²) < 4.78 is 4.76. The van der Waals surface area contributed by atoms with Crippen LogP contribution in [0.4, 0.5) is 5.00 Å². The Kier molecular flexibility index (Phi) is 7.04. The van der Waals surface area contributed by atoms with Crippen LogP contribution < -0.4 is 10.6 Å². The number of methoxy groups -OCH3 is 1. The summed E-state index contributed by atoms with van der Waals surface area (Å²) in [5, 5.41) is 5.83. The van der Waals surface area contributed by atoms with Crippen molar-refractivity contribution >= 4 is 34.1 Å². The predicted octanol–water partition coefficient (Wildman–Crippen LogP) is 2.72. The smallest absolute Gasteiger partial charge is 0.341 e. The Hall–Kier alpha value is -1.89. The highest BCUT2D eigenvalue weighted by Gasteiger charge is 2.25. The van der Waals surface area contributed by atoms with E-state index in [0.717, 1.165) is 17.8 Å². The molecule has 122 valence electrons. The lowest BCUT2D eigenvalue weighted by molar-refractivity contribution is -0.116. The largest absolute Gasteiger partial charge is 0.465 e. The average molecular weight is 326 g/mol. The van der Waals surface area contributed by atoms with Gasteiger partial charge >= 0.3 is 5.97 Å². The van der Waals surface area contributed by atoms with Crippen LogP contribution in [0.2, 0.25) is 0 Å². The minimum absolute atomic E-state index is 0.186. The molecule has 0 saturated carbocycles. The highest BCUT2D eigenvalue weighted by Crippen LogP contribution is 2.33. The van der Waals surface area contributed by atoms with Gasteiger partial charge in [0.15, 0.2) is 0 Å². The van der Waals surface area contributed by atoms with Crippen molar-refractivity contribution in [3.8, 4) is 0 Å². The van der Waals surface area contributed by atoms with E-state index >= 15 is 0 Å². The molecule has 0 aliphatic heterocycles. The number of rotatable bonds is 7. The fraction of sp³-hybridized carbons (Fsp3) is 0.533. The minimum Gasteiger partial charge on any atom is -0.465 e. The summed E-state index contributed by atoms with van der Waals surface area (Å²) in [4.78, 5) is 36.3. The van der Waals surface area contributed by atoms with Gasteiger partial charge in [-0.2, -0.15) is 0 Å². The second kappa shape index (κ2) is 8.53. The van der Waals surface area contributed by atoms with Gasteiger partial charge in [-0.25, -0.2) is 4.79 Å². The molecule has 0 atom stereocenters. The van der Waals surface area contributed by atoms with Gasteiger partial charge in [0.2, 0.25) is 5.91 Å². The predicted molar refractivity (Wildman–Crippen MR) is 86.6 cm³/mol. The first-order valence-corrected chi connectivity index (χ1v) is 8.07. The van der Waals surface area contributed by atoms with E-state index in [1.165, 1.54) is 7.11 Å². The van der Waals surface area contributed by atoms with Gasteiger partial charge < -0.3 is 15.4 Å². The lowest BCUT2D eigenvalue weighted by Crippen LogP contribution is -2.23. The molecular formula is C15H22N2O4S. The number of carbonyl (C=O) groups excluding carboxylic acids is 3. The van der Waals surface area contributed by atoms with Gasteiger partial charge in [-0.05, 0) is 25.3 Å². The van der Waals surface area contributed by atoms with E-state index in [1.807, 2.05) is 13.8 Å². The Balaban J connectivity index is 3.16. The first kappa shape index (κ1) is 18.2. The molecule has 7 heteroatoms. The van der Waals surface area contributed by atoms with Gasteiger partial charge in [-0.15, -0.1) is 11.3 Å². The Morgan fingerprint density at radius 3 is 2.41 bits per heavy atom. The molecule has 0 spiro atoms. The molecule has 1 rings (SSSR count). The quantitative estimate of drug-likeness (QED) is 0.755.